The second-order valence-corrected chi connectivity index (χ2v) is 6.03. The quantitative estimate of drug-likeness (QED) is 0.546. The summed E-state index contributed by atoms with van der Waals surface area (Å²) in [6, 6.07) is 21.4. The number of rotatable bonds is 5. The van der Waals surface area contributed by atoms with E-state index in [1.54, 1.807) is 0 Å². The lowest BCUT2D eigenvalue weighted by atomic mass is 10.3. The third-order valence-corrected chi connectivity index (χ3v) is 4.01. The van der Waals surface area contributed by atoms with Gasteiger partial charge in [0.05, 0.1) is 18.4 Å². The topological polar surface area (TPSA) is 54.2 Å². The van der Waals surface area contributed by atoms with Crippen LogP contribution < -0.4 is 10.6 Å². The van der Waals surface area contributed by atoms with Crippen LogP contribution in [0.15, 0.2) is 72.9 Å². The Labute approximate surface area is 150 Å². The van der Waals surface area contributed by atoms with E-state index in [-0.39, 0.29) is 0 Å². The lowest BCUT2D eigenvalue weighted by Gasteiger charge is -2.08. The van der Waals surface area contributed by atoms with Crippen molar-refractivity contribution in [1.82, 2.24) is 14.6 Å². The molecule has 6 heteroatoms. The summed E-state index contributed by atoms with van der Waals surface area (Å²) in [4.78, 5) is 4.40. The van der Waals surface area contributed by atoms with Crippen LogP contribution >= 0.6 is 11.6 Å². The molecule has 2 aromatic heterocycles. The third kappa shape index (κ3) is 3.56. The monoisotopic (exact) mass is 349 g/mol. The molecule has 0 aliphatic rings. The van der Waals surface area contributed by atoms with Crippen molar-refractivity contribution in [2.45, 2.75) is 6.54 Å². The van der Waals surface area contributed by atoms with Crippen molar-refractivity contribution in [1.29, 1.82) is 0 Å². The third-order valence-electron chi connectivity index (χ3n) is 3.78. The molecule has 2 N–H and O–H groups in total. The number of aromatic nitrogens is 3. The van der Waals surface area contributed by atoms with Crippen molar-refractivity contribution in [3.8, 4) is 0 Å². The Hall–Kier alpha value is -3.05. The molecule has 0 unspecified atom stereocenters. The van der Waals surface area contributed by atoms with Gasteiger partial charge in [-0.1, -0.05) is 35.9 Å². The first-order valence-corrected chi connectivity index (χ1v) is 8.31. The van der Waals surface area contributed by atoms with Gasteiger partial charge in [0.25, 0.3) is 0 Å². The number of benzene rings is 2. The van der Waals surface area contributed by atoms with Gasteiger partial charge < -0.3 is 10.6 Å². The van der Waals surface area contributed by atoms with Gasteiger partial charge in [-0.05, 0) is 42.5 Å². The van der Waals surface area contributed by atoms with Crippen LogP contribution in [0.25, 0.3) is 5.65 Å². The van der Waals surface area contributed by atoms with Crippen LogP contribution in [-0.4, -0.2) is 14.6 Å². The maximum absolute atomic E-state index is 6.03. The molecule has 4 rings (SSSR count). The smallest absolute Gasteiger partial charge is 0.154 e. The van der Waals surface area contributed by atoms with Crippen LogP contribution in [0.3, 0.4) is 0 Å². The molecule has 0 saturated heterocycles. The van der Waals surface area contributed by atoms with E-state index >= 15 is 0 Å². The number of nitrogens with zero attached hydrogens (tertiary/aromatic N) is 3. The SMILES string of the molecule is Clc1cccc(Nc2ccc3ncc(CNc4ccccc4)n3n2)c1. The highest BCUT2D eigenvalue weighted by Gasteiger charge is 2.06. The number of hydrogen-bond acceptors (Lipinski definition) is 4. The van der Waals surface area contributed by atoms with Crippen LogP contribution in [0.5, 0.6) is 0 Å². The fourth-order valence-electron chi connectivity index (χ4n) is 2.57. The van der Waals surface area contributed by atoms with E-state index in [0.29, 0.717) is 11.6 Å². The van der Waals surface area contributed by atoms with E-state index < -0.39 is 0 Å². The standard InChI is InChI=1S/C19H16ClN5/c20-14-5-4-8-16(11-14)23-18-9-10-19-22-13-17(25(19)24-18)12-21-15-6-2-1-3-7-15/h1-11,13,21H,12H2,(H,23,24). The number of hydrogen-bond donors (Lipinski definition) is 2. The van der Waals surface area contributed by atoms with E-state index in [1.165, 1.54) is 0 Å². The summed E-state index contributed by atoms with van der Waals surface area (Å²) in [6.45, 7) is 0.638. The molecule has 0 radical (unpaired) electrons. The first-order valence-electron chi connectivity index (χ1n) is 7.93. The Kier molecular flexibility index (Phi) is 4.23. The van der Waals surface area contributed by atoms with Gasteiger partial charge in [-0.15, -0.1) is 5.10 Å². The molecule has 0 atom stereocenters. The van der Waals surface area contributed by atoms with Gasteiger partial charge in [-0.3, -0.25) is 0 Å². The average Bonchev–Trinajstić information content (AvgIpc) is 3.03. The molecule has 0 fully saturated rings. The van der Waals surface area contributed by atoms with E-state index in [9.17, 15) is 0 Å². The maximum atomic E-state index is 6.03. The first kappa shape index (κ1) is 15.5. The van der Waals surface area contributed by atoms with Crippen molar-refractivity contribution < 1.29 is 0 Å². The van der Waals surface area contributed by atoms with Gasteiger partial charge in [0.1, 0.15) is 0 Å². The Balaban J connectivity index is 1.57. The Morgan fingerprint density at radius 3 is 2.60 bits per heavy atom. The number of nitrogens with one attached hydrogen (secondary N) is 2. The highest BCUT2D eigenvalue weighted by atomic mass is 35.5. The van der Waals surface area contributed by atoms with E-state index in [2.05, 4.69) is 20.7 Å². The summed E-state index contributed by atoms with van der Waals surface area (Å²) < 4.78 is 1.84. The second-order valence-electron chi connectivity index (χ2n) is 5.59. The fourth-order valence-corrected chi connectivity index (χ4v) is 2.76. The molecular formula is C19H16ClN5. The molecule has 5 nitrogen and oxygen atoms in total. The molecule has 0 aliphatic heterocycles. The van der Waals surface area contributed by atoms with Gasteiger partial charge >= 0.3 is 0 Å². The zero-order valence-electron chi connectivity index (χ0n) is 13.4. The summed E-state index contributed by atoms with van der Waals surface area (Å²) in [6.07, 6.45) is 1.83. The molecular weight excluding hydrogens is 334 g/mol. The van der Waals surface area contributed by atoms with Crippen LogP contribution in [-0.2, 0) is 6.54 Å². The number of para-hydroxylation sites is 1. The molecule has 4 aromatic rings. The molecule has 25 heavy (non-hydrogen) atoms. The second kappa shape index (κ2) is 6.83. The van der Waals surface area contributed by atoms with Crippen molar-refractivity contribution >= 4 is 34.4 Å². The Morgan fingerprint density at radius 1 is 0.920 bits per heavy atom. The summed E-state index contributed by atoms with van der Waals surface area (Å²) in [7, 11) is 0. The predicted molar refractivity (Wildman–Crippen MR) is 101 cm³/mol. The fraction of sp³-hybridized carbons (Fsp3) is 0.0526. The number of anilines is 3. The van der Waals surface area contributed by atoms with E-state index in [4.69, 9.17) is 11.6 Å². The lowest BCUT2D eigenvalue weighted by Crippen LogP contribution is -2.06. The van der Waals surface area contributed by atoms with Gasteiger partial charge in [0.15, 0.2) is 11.5 Å². The van der Waals surface area contributed by atoms with Gasteiger partial charge in [-0.2, -0.15) is 0 Å². The predicted octanol–water partition coefficient (Wildman–Crippen LogP) is 4.74. The number of fused-ring (bicyclic) bond motifs is 1. The van der Waals surface area contributed by atoms with Crippen LogP contribution in [0.4, 0.5) is 17.2 Å². The minimum absolute atomic E-state index is 0.638. The molecule has 0 aliphatic carbocycles. The van der Waals surface area contributed by atoms with E-state index in [1.807, 2.05) is 77.4 Å². The largest absolute Gasteiger partial charge is 0.379 e. The molecule has 2 heterocycles. The first-order chi connectivity index (χ1) is 12.3. The minimum atomic E-state index is 0.638. The molecule has 0 bridgehead atoms. The Morgan fingerprint density at radius 2 is 1.76 bits per heavy atom. The summed E-state index contributed by atoms with van der Waals surface area (Å²) >= 11 is 6.03. The number of imidazole rings is 1. The highest BCUT2D eigenvalue weighted by molar-refractivity contribution is 6.30. The van der Waals surface area contributed by atoms with E-state index in [0.717, 1.165) is 28.5 Å². The van der Waals surface area contributed by atoms with Crippen molar-refractivity contribution in [3.05, 3.63) is 83.6 Å². The van der Waals surface area contributed by atoms with Gasteiger partial charge in [-0.25, -0.2) is 9.50 Å². The van der Waals surface area contributed by atoms with Gasteiger partial charge in [0, 0.05) is 16.4 Å². The van der Waals surface area contributed by atoms with Crippen molar-refractivity contribution in [2.75, 3.05) is 10.6 Å². The summed E-state index contributed by atoms with van der Waals surface area (Å²) in [5, 5.41) is 12.0. The molecule has 0 spiro atoms. The zero-order chi connectivity index (χ0) is 17.1. The normalized spacial score (nSPS) is 10.8. The minimum Gasteiger partial charge on any atom is -0.379 e. The lowest BCUT2D eigenvalue weighted by molar-refractivity contribution is 0.868. The number of halogens is 1. The van der Waals surface area contributed by atoms with Crippen molar-refractivity contribution in [2.24, 2.45) is 0 Å². The maximum Gasteiger partial charge on any atom is 0.154 e. The van der Waals surface area contributed by atoms with Crippen molar-refractivity contribution in [3.63, 3.8) is 0 Å². The molecule has 124 valence electrons. The molecule has 0 saturated carbocycles. The Bertz CT molecular complexity index is 997. The molecule has 2 aromatic carbocycles. The highest BCUT2D eigenvalue weighted by Crippen LogP contribution is 2.19. The zero-order valence-corrected chi connectivity index (χ0v) is 14.1. The summed E-state index contributed by atoms with van der Waals surface area (Å²) in [5.74, 6) is 0.730. The van der Waals surface area contributed by atoms with Crippen LogP contribution in [0.2, 0.25) is 5.02 Å². The average molecular weight is 350 g/mol. The molecule has 0 amide bonds. The van der Waals surface area contributed by atoms with Gasteiger partial charge in [0.2, 0.25) is 0 Å². The van der Waals surface area contributed by atoms with Crippen LogP contribution in [0, 0.1) is 0 Å². The van der Waals surface area contributed by atoms with Crippen LogP contribution in [0.1, 0.15) is 5.69 Å². The summed E-state index contributed by atoms with van der Waals surface area (Å²) in [5.41, 5.74) is 3.74.